The van der Waals surface area contributed by atoms with Gasteiger partial charge < -0.3 is 0 Å². The van der Waals surface area contributed by atoms with Gasteiger partial charge in [0.15, 0.2) is 5.69 Å². The van der Waals surface area contributed by atoms with E-state index in [1.807, 2.05) is 6.07 Å². The van der Waals surface area contributed by atoms with Gasteiger partial charge in [-0.25, -0.2) is 9.67 Å². The fraction of sp³-hybridized carbons (Fsp3) is 0.200. The first-order chi connectivity index (χ1) is 11.8. The van der Waals surface area contributed by atoms with Crippen LogP contribution in [0.1, 0.15) is 21.7 Å². The maximum Gasteiger partial charge on any atom is 0.280 e. The first kappa shape index (κ1) is 17.7. The Bertz CT molecular complexity index is 949. The summed E-state index contributed by atoms with van der Waals surface area (Å²) in [6.45, 7) is 2.21. The lowest BCUT2D eigenvalue weighted by molar-refractivity contribution is 0.102. The number of carbonyl (C=O) groups excluding carboxylic acids is 1. The first-order valence-corrected chi connectivity index (χ1v) is 8.32. The third kappa shape index (κ3) is 3.78. The number of hydrogen-bond acceptors (Lipinski definition) is 4. The van der Waals surface area contributed by atoms with Crippen molar-refractivity contribution in [2.75, 3.05) is 5.32 Å². The second-order valence-electron chi connectivity index (χ2n) is 5.34. The van der Waals surface area contributed by atoms with E-state index in [2.05, 4.69) is 20.5 Å². The number of benzene rings is 1. The van der Waals surface area contributed by atoms with Crippen molar-refractivity contribution in [3.8, 4) is 0 Å². The van der Waals surface area contributed by atoms with Gasteiger partial charge in [0.25, 0.3) is 5.91 Å². The minimum Gasteiger partial charge on any atom is -0.288 e. The van der Waals surface area contributed by atoms with E-state index < -0.39 is 5.91 Å². The zero-order valence-corrected chi connectivity index (χ0v) is 15.6. The van der Waals surface area contributed by atoms with Gasteiger partial charge in [0.2, 0.25) is 5.95 Å². The van der Waals surface area contributed by atoms with Gasteiger partial charge in [-0.1, -0.05) is 40.9 Å². The van der Waals surface area contributed by atoms with Crippen molar-refractivity contribution >= 4 is 46.7 Å². The monoisotopic (exact) mass is 398 g/mol. The predicted molar refractivity (Wildman–Crippen MR) is 96.5 cm³/mol. The molecular weight excluding hydrogens is 387 g/mol. The molecule has 1 amide bonds. The van der Waals surface area contributed by atoms with E-state index in [0.29, 0.717) is 27.3 Å². The minimum absolute atomic E-state index is 0.127. The van der Waals surface area contributed by atoms with Crippen LogP contribution in [0.25, 0.3) is 0 Å². The summed E-state index contributed by atoms with van der Waals surface area (Å²) in [4.78, 5) is 16.3. The van der Waals surface area contributed by atoms with E-state index in [1.165, 1.54) is 11.0 Å². The molecule has 3 rings (SSSR count). The first-order valence-electron chi connectivity index (χ1n) is 7.19. The maximum absolute atomic E-state index is 12.3. The summed E-state index contributed by atoms with van der Waals surface area (Å²) in [6.07, 6.45) is 1.50. The number of amides is 1. The second kappa shape index (κ2) is 7.03. The van der Waals surface area contributed by atoms with Crippen LogP contribution in [0, 0.1) is 6.92 Å². The fourth-order valence-corrected chi connectivity index (χ4v) is 2.71. The standard InChI is InChI=1S/C15H13Cl3N6O/c1-8-12(18)13(21-23(8)2)14(25)20-15-19-7-24(22-15)6-9-3-4-10(16)11(17)5-9/h3-5,7H,6H2,1-2H3,(H,20,22,25). The van der Waals surface area contributed by atoms with Crippen LogP contribution in [0.5, 0.6) is 0 Å². The third-order valence-electron chi connectivity index (χ3n) is 3.57. The van der Waals surface area contributed by atoms with Crippen LogP contribution >= 0.6 is 34.8 Å². The molecule has 0 aliphatic heterocycles. The van der Waals surface area contributed by atoms with Crippen LogP contribution in [0.15, 0.2) is 24.5 Å². The van der Waals surface area contributed by atoms with Crippen LogP contribution in [0.3, 0.4) is 0 Å². The number of halogens is 3. The summed E-state index contributed by atoms with van der Waals surface area (Å²) in [7, 11) is 1.71. The minimum atomic E-state index is -0.471. The molecule has 10 heteroatoms. The lowest BCUT2D eigenvalue weighted by atomic mass is 10.2. The Morgan fingerprint density at radius 1 is 1.20 bits per heavy atom. The zero-order valence-electron chi connectivity index (χ0n) is 13.3. The number of aryl methyl sites for hydroxylation is 1. The Balaban J connectivity index is 1.71. The van der Waals surface area contributed by atoms with Crippen LogP contribution in [0.2, 0.25) is 15.1 Å². The lowest BCUT2D eigenvalue weighted by Gasteiger charge is -2.03. The molecule has 1 N–H and O–H groups in total. The molecule has 130 valence electrons. The highest BCUT2D eigenvalue weighted by molar-refractivity contribution is 6.42. The van der Waals surface area contributed by atoms with Gasteiger partial charge in [-0.2, -0.15) is 5.10 Å². The molecule has 7 nitrogen and oxygen atoms in total. The molecular formula is C15H13Cl3N6O. The summed E-state index contributed by atoms with van der Waals surface area (Å²) in [5, 5.41) is 12.1. The van der Waals surface area contributed by atoms with Crippen molar-refractivity contribution in [1.82, 2.24) is 24.5 Å². The summed E-state index contributed by atoms with van der Waals surface area (Å²) < 4.78 is 3.11. The SMILES string of the molecule is Cc1c(Cl)c(C(=O)Nc2ncn(Cc3ccc(Cl)c(Cl)c3)n2)nn1C. The van der Waals surface area contributed by atoms with Gasteiger partial charge in [0.1, 0.15) is 6.33 Å². The molecule has 2 heterocycles. The molecule has 3 aromatic rings. The molecule has 0 aliphatic rings. The average Bonchev–Trinajstić information content (AvgIpc) is 3.10. The molecule has 0 fully saturated rings. The van der Waals surface area contributed by atoms with Gasteiger partial charge >= 0.3 is 0 Å². The maximum atomic E-state index is 12.3. The number of rotatable bonds is 4. The summed E-state index contributed by atoms with van der Waals surface area (Å²) in [6, 6.07) is 5.30. The Kier molecular flexibility index (Phi) is 4.99. The summed E-state index contributed by atoms with van der Waals surface area (Å²) in [5.74, 6) is -0.314. The highest BCUT2D eigenvalue weighted by Crippen LogP contribution is 2.23. The van der Waals surface area contributed by atoms with Gasteiger partial charge in [0, 0.05) is 7.05 Å². The van der Waals surface area contributed by atoms with Crippen LogP contribution in [0.4, 0.5) is 5.95 Å². The molecule has 0 radical (unpaired) electrons. The molecule has 0 spiro atoms. The highest BCUT2D eigenvalue weighted by Gasteiger charge is 2.19. The normalized spacial score (nSPS) is 10.9. The number of carbonyl (C=O) groups is 1. The molecule has 2 aromatic heterocycles. The number of hydrogen-bond donors (Lipinski definition) is 1. The van der Waals surface area contributed by atoms with Gasteiger partial charge in [-0.3, -0.25) is 14.8 Å². The van der Waals surface area contributed by atoms with Crippen molar-refractivity contribution in [2.24, 2.45) is 7.05 Å². The van der Waals surface area contributed by atoms with Crippen LogP contribution < -0.4 is 5.32 Å². The van der Waals surface area contributed by atoms with Crippen molar-refractivity contribution in [3.63, 3.8) is 0 Å². The number of anilines is 1. The van der Waals surface area contributed by atoms with E-state index in [4.69, 9.17) is 34.8 Å². The van der Waals surface area contributed by atoms with Crippen molar-refractivity contribution < 1.29 is 4.79 Å². The molecule has 1 aromatic carbocycles. The molecule has 25 heavy (non-hydrogen) atoms. The van der Waals surface area contributed by atoms with Gasteiger partial charge in [-0.05, 0) is 24.6 Å². The average molecular weight is 400 g/mol. The lowest BCUT2D eigenvalue weighted by Crippen LogP contribution is -2.15. The quantitative estimate of drug-likeness (QED) is 0.727. The van der Waals surface area contributed by atoms with Crippen LogP contribution in [-0.2, 0) is 13.6 Å². The van der Waals surface area contributed by atoms with E-state index in [9.17, 15) is 4.79 Å². The Labute approximate surface area is 158 Å². The largest absolute Gasteiger partial charge is 0.288 e. The third-order valence-corrected chi connectivity index (χ3v) is 4.76. The zero-order chi connectivity index (χ0) is 18.1. The van der Waals surface area contributed by atoms with Crippen molar-refractivity contribution in [2.45, 2.75) is 13.5 Å². The summed E-state index contributed by atoms with van der Waals surface area (Å²) >= 11 is 18.0. The Morgan fingerprint density at radius 3 is 2.60 bits per heavy atom. The van der Waals surface area contributed by atoms with Crippen LogP contribution in [-0.4, -0.2) is 30.5 Å². The molecule has 0 bridgehead atoms. The van der Waals surface area contributed by atoms with E-state index in [1.54, 1.807) is 30.8 Å². The number of aromatic nitrogens is 5. The Hall–Kier alpha value is -2.09. The van der Waals surface area contributed by atoms with Crippen molar-refractivity contribution in [1.29, 1.82) is 0 Å². The number of nitrogens with one attached hydrogen (secondary N) is 1. The molecule has 0 saturated heterocycles. The molecule has 0 atom stereocenters. The summed E-state index contributed by atoms with van der Waals surface area (Å²) in [5.41, 5.74) is 1.73. The highest BCUT2D eigenvalue weighted by atomic mass is 35.5. The molecule has 0 unspecified atom stereocenters. The van der Waals surface area contributed by atoms with E-state index in [0.717, 1.165) is 5.56 Å². The molecule has 0 aliphatic carbocycles. The number of nitrogens with zero attached hydrogens (tertiary/aromatic N) is 5. The van der Waals surface area contributed by atoms with E-state index in [-0.39, 0.29) is 11.6 Å². The molecule has 0 saturated carbocycles. The van der Waals surface area contributed by atoms with Gasteiger partial charge in [0.05, 0.1) is 27.3 Å². The topological polar surface area (TPSA) is 77.6 Å². The van der Waals surface area contributed by atoms with Gasteiger partial charge in [-0.15, -0.1) is 5.10 Å². The van der Waals surface area contributed by atoms with Crippen molar-refractivity contribution in [3.05, 3.63) is 56.5 Å². The van der Waals surface area contributed by atoms with E-state index >= 15 is 0 Å². The second-order valence-corrected chi connectivity index (χ2v) is 6.53. The Morgan fingerprint density at radius 2 is 1.96 bits per heavy atom. The smallest absolute Gasteiger partial charge is 0.280 e. The fourth-order valence-electron chi connectivity index (χ4n) is 2.14. The predicted octanol–water partition coefficient (Wildman–Crippen LogP) is 3.58.